The molecule has 1 N–H and O–H groups in total. The summed E-state index contributed by atoms with van der Waals surface area (Å²) < 4.78 is 0. The topological polar surface area (TPSA) is 37.3 Å². The highest BCUT2D eigenvalue weighted by atomic mass is 32.2. The molecule has 0 spiro atoms. The molecule has 0 radical (unpaired) electrons. The SMILES string of the molecule is O=C(O)c1ccccc1SCCc1ccccc1. The summed E-state index contributed by atoms with van der Waals surface area (Å²) in [7, 11) is 0. The quantitative estimate of drug-likeness (QED) is 0.830. The maximum atomic E-state index is 11.0. The summed E-state index contributed by atoms with van der Waals surface area (Å²) in [5.74, 6) is 0.0201. The van der Waals surface area contributed by atoms with Crippen molar-refractivity contribution < 1.29 is 9.90 Å². The second kappa shape index (κ2) is 6.26. The molecule has 0 aromatic heterocycles. The number of thioether (sulfide) groups is 1. The summed E-state index contributed by atoms with van der Waals surface area (Å²) in [6.07, 6.45) is 0.944. The molecule has 0 saturated heterocycles. The number of benzene rings is 2. The number of carbonyl (C=O) groups is 1. The summed E-state index contributed by atoms with van der Waals surface area (Å²) in [5.41, 5.74) is 1.66. The number of aromatic carboxylic acids is 1. The van der Waals surface area contributed by atoms with Crippen molar-refractivity contribution in [2.75, 3.05) is 5.75 Å². The van der Waals surface area contributed by atoms with Crippen LogP contribution in [0.15, 0.2) is 59.5 Å². The van der Waals surface area contributed by atoms with Crippen molar-refractivity contribution in [2.45, 2.75) is 11.3 Å². The number of hydrogen-bond acceptors (Lipinski definition) is 2. The van der Waals surface area contributed by atoms with Gasteiger partial charge in [-0.1, -0.05) is 42.5 Å². The normalized spacial score (nSPS) is 10.2. The number of aryl methyl sites for hydroxylation is 1. The van der Waals surface area contributed by atoms with E-state index in [1.807, 2.05) is 30.3 Å². The van der Waals surface area contributed by atoms with Crippen molar-refractivity contribution in [2.24, 2.45) is 0 Å². The molecule has 0 aliphatic carbocycles. The molecule has 92 valence electrons. The minimum atomic E-state index is -0.863. The summed E-state index contributed by atoms with van der Waals surface area (Å²) in [5, 5.41) is 9.07. The summed E-state index contributed by atoms with van der Waals surface area (Å²) in [6.45, 7) is 0. The Hall–Kier alpha value is -1.74. The van der Waals surface area contributed by atoms with Crippen molar-refractivity contribution in [3.05, 3.63) is 65.7 Å². The largest absolute Gasteiger partial charge is 0.478 e. The van der Waals surface area contributed by atoms with Crippen LogP contribution in [0.1, 0.15) is 15.9 Å². The van der Waals surface area contributed by atoms with Gasteiger partial charge in [0.2, 0.25) is 0 Å². The van der Waals surface area contributed by atoms with Gasteiger partial charge in [-0.05, 0) is 24.1 Å². The highest BCUT2D eigenvalue weighted by molar-refractivity contribution is 7.99. The van der Waals surface area contributed by atoms with E-state index < -0.39 is 5.97 Å². The van der Waals surface area contributed by atoms with Crippen molar-refractivity contribution in [3.63, 3.8) is 0 Å². The van der Waals surface area contributed by atoms with Gasteiger partial charge in [0.05, 0.1) is 5.56 Å². The van der Waals surface area contributed by atoms with Gasteiger partial charge in [0.1, 0.15) is 0 Å². The second-order valence-corrected chi connectivity index (χ2v) is 5.02. The minimum Gasteiger partial charge on any atom is -0.478 e. The maximum absolute atomic E-state index is 11.0. The molecular weight excluding hydrogens is 244 g/mol. The van der Waals surface area contributed by atoms with Gasteiger partial charge in [0.15, 0.2) is 0 Å². The van der Waals surface area contributed by atoms with Crippen LogP contribution >= 0.6 is 11.8 Å². The number of hydrogen-bond donors (Lipinski definition) is 1. The van der Waals surface area contributed by atoms with E-state index >= 15 is 0 Å². The zero-order chi connectivity index (χ0) is 12.8. The third-order valence-corrected chi connectivity index (χ3v) is 3.68. The van der Waals surface area contributed by atoms with Gasteiger partial charge in [-0.25, -0.2) is 4.79 Å². The van der Waals surface area contributed by atoms with Crippen LogP contribution in [-0.4, -0.2) is 16.8 Å². The van der Waals surface area contributed by atoms with Crippen LogP contribution < -0.4 is 0 Å². The van der Waals surface area contributed by atoms with Crippen molar-refractivity contribution in [3.8, 4) is 0 Å². The number of carboxylic acids is 1. The first kappa shape index (κ1) is 12.7. The lowest BCUT2D eigenvalue weighted by molar-refractivity contribution is 0.0693. The molecule has 0 fully saturated rings. The van der Waals surface area contributed by atoms with Crippen LogP contribution in [0.3, 0.4) is 0 Å². The van der Waals surface area contributed by atoms with E-state index in [9.17, 15) is 4.79 Å². The Morgan fingerprint density at radius 2 is 1.67 bits per heavy atom. The van der Waals surface area contributed by atoms with Crippen LogP contribution in [0, 0.1) is 0 Å². The fourth-order valence-corrected chi connectivity index (χ4v) is 2.74. The standard InChI is InChI=1S/C15H14O2S/c16-15(17)13-8-4-5-9-14(13)18-11-10-12-6-2-1-3-7-12/h1-9H,10-11H2,(H,16,17). The average Bonchev–Trinajstić information content (AvgIpc) is 2.40. The first-order valence-electron chi connectivity index (χ1n) is 5.76. The molecule has 2 aromatic rings. The smallest absolute Gasteiger partial charge is 0.336 e. The first-order chi connectivity index (χ1) is 8.77. The van der Waals surface area contributed by atoms with Crippen molar-refractivity contribution in [1.29, 1.82) is 0 Å². The van der Waals surface area contributed by atoms with E-state index in [-0.39, 0.29) is 0 Å². The first-order valence-corrected chi connectivity index (χ1v) is 6.75. The van der Waals surface area contributed by atoms with E-state index in [1.165, 1.54) is 5.56 Å². The van der Waals surface area contributed by atoms with Gasteiger partial charge in [0.25, 0.3) is 0 Å². The van der Waals surface area contributed by atoms with Gasteiger partial charge >= 0.3 is 5.97 Å². The Balaban J connectivity index is 1.97. The van der Waals surface area contributed by atoms with Gasteiger partial charge in [-0.15, -0.1) is 11.8 Å². The molecule has 2 rings (SSSR count). The second-order valence-electron chi connectivity index (χ2n) is 3.89. The Kier molecular flexibility index (Phi) is 4.42. The molecule has 3 heteroatoms. The highest BCUT2D eigenvalue weighted by Gasteiger charge is 2.08. The third kappa shape index (κ3) is 3.37. The Morgan fingerprint density at radius 1 is 1.00 bits per heavy atom. The highest BCUT2D eigenvalue weighted by Crippen LogP contribution is 2.23. The third-order valence-electron chi connectivity index (χ3n) is 2.61. The predicted octanol–water partition coefficient (Wildman–Crippen LogP) is 3.72. The fourth-order valence-electron chi connectivity index (χ4n) is 1.69. The lowest BCUT2D eigenvalue weighted by Gasteiger charge is -2.05. The number of rotatable bonds is 5. The molecule has 18 heavy (non-hydrogen) atoms. The Morgan fingerprint density at radius 3 is 2.39 bits per heavy atom. The van der Waals surface area contributed by atoms with E-state index in [1.54, 1.807) is 23.9 Å². The predicted molar refractivity (Wildman–Crippen MR) is 74.3 cm³/mol. The zero-order valence-corrected chi connectivity index (χ0v) is 10.7. The Labute approximate surface area is 111 Å². The van der Waals surface area contributed by atoms with Gasteiger partial charge in [-0.3, -0.25) is 0 Å². The van der Waals surface area contributed by atoms with Crippen molar-refractivity contribution in [1.82, 2.24) is 0 Å². The summed E-state index contributed by atoms with van der Waals surface area (Å²) in [6, 6.07) is 17.3. The summed E-state index contributed by atoms with van der Waals surface area (Å²) in [4.78, 5) is 11.9. The molecule has 0 heterocycles. The van der Waals surface area contributed by atoms with E-state index in [2.05, 4.69) is 12.1 Å². The molecule has 0 aliphatic rings. The molecule has 0 amide bonds. The molecule has 0 unspecified atom stereocenters. The molecule has 0 aliphatic heterocycles. The molecule has 0 atom stereocenters. The molecule has 0 bridgehead atoms. The van der Waals surface area contributed by atoms with Crippen LogP contribution in [0.5, 0.6) is 0 Å². The molecule has 0 saturated carbocycles. The Bertz CT molecular complexity index is 523. The average molecular weight is 258 g/mol. The molecule has 2 aromatic carbocycles. The summed E-state index contributed by atoms with van der Waals surface area (Å²) >= 11 is 1.59. The van der Waals surface area contributed by atoms with E-state index in [0.717, 1.165) is 17.1 Å². The minimum absolute atomic E-state index is 0.385. The lowest BCUT2D eigenvalue weighted by atomic mass is 10.2. The molecule has 2 nitrogen and oxygen atoms in total. The monoisotopic (exact) mass is 258 g/mol. The van der Waals surface area contributed by atoms with Crippen molar-refractivity contribution >= 4 is 17.7 Å². The van der Waals surface area contributed by atoms with Crippen LogP contribution in [-0.2, 0) is 6.42 Å². The van der Waals surface area contributed by atoms with Gasteiger partial charge < -0.3 is 5.11 Å². The van der Waals surface area contributed by atoms with Crippen LogP contribution in [0.2, 0.25) is 0 Å². The number of carboxylic acid groups (broad SMARTS) is 1. The van der Waals surface area contributed by atoms with E-state index in [4.69, 9.17) is 5.11 Å². The fraction of sp³-hybridized carbons (Fsp3) is 0.133. The van der Waals surface area contributed by atoms with Crippen LogP contribution in [0.4, 0.5) is 0 Å². The van der Waals surface area contributed by atoms with Gasteiger partial charge in [-0.2, -0.15) is 0 Å². The lowest BCUT2D eigenvalue weighted by Crippen LogP contribution is -1.99. The maximum Gasteiger partial charge on any atom is 0.336 e. The zero-order valence-electron chi connectivity index (χ0n) is 9.87. The van der Waals surface area contributed by atoms with Gasteiger partial charge in [0, 0.05) is 10.6 Å². The molecular formula is C15H14O2S. The van der Waals surface area contributed by atoms with Crippen LogP contribution in [0.25, 0.3) is 0 Å². The van der Waals surface area contributed by atoms with E-state index in [0.29, 0.717) is 5.56 Å².